The predicted molar refractivity (Wildman–Crippen MR) is 103 cm³/mol. The lowest BCUT2D eigenvalue weighted by molar-refractivity contribution is -0.124. The van der Waals surface area contributed by atoms with Gasteiger partial charge < -0.3 is 14.5 Å². The van der Waals surface area contributed by atoms with Gasteiger partial charge in [0, 0.05) is 37.8 Å². The van der Waals surface area contributed by atoms with Crippen LogP contribution >= 0.6 is 0 Å². The predicted octanol–water partition coefficient (Wildman–Crippen LogP) is 2.54. The summed E-state index contributed by atoms with van der Waals surface area (Å²) in [5.41, 5.74) is 1.85. The van der Waals surface area contributed by atoms with Crippen LogP contribution < -0.4 is 9.80 Å². The lowest BCUT2D eigenvalue weighted by atomic mass is 9.73. The highest BCUT2D eigenvalue weighted by Gasteiger charge is 2.52. The van der Waals surface area contributed by atoms with Gasteiger partial charge in [0.1, 0.15) is 5.82 Å². The lowest BCUT2D eigenvalue weighted by Gasteiger charge is -2.39. The average Bonchev–Trinajstić information content (AvgIpc) is 3.32. The second kappa shape index (κ2) is 6.60. The molecule has 1 atom stereocenters. The van der Waals surface area contributed by atoms with Crippen molar-refractivity contribution in [2.24, 2.45) is 0 Å². The molecular weight excluding hydrogens is 340 g/mol. The van der Waals surface area contributed by atoms with Gasteiger partial charge in [-0.05, 0) is 37.3 Å². The number of carbonyl (C=O) groups excluding carboxylic acids is 1. The molecule has 1 spiro atoms. The van der Waals surface area contributed by atoms with Crippen LogP contribution in [0.2, 0.25) is 0 Å². The molecule has 1 aromatic carbocycles. The van der Waals surface area contributed by atoms with E-state index in [2.05, 4.69) is 33.1 Å². The fourth-order valence-corrected chi connectivity index (χ4v) is 4.83. The number of hydrogen-bond acceptors (Lipinski definition) is 5. The van der Waals surface area contributed by atoms with E-state index in [9.17, 15) is 4.79 Å². The van der Waals surface area contributed by atoms with E-state index in [0.717, 1.165) is 56.9 Å². The number of aromatic nitrogens is 2. The Morgan fingerprint density at radius 1 is 1.19 bits per heavy atom. The highest BCUT2D eigenvalue weighted by molar-refractivity contribution is 6.08. The third kappa shape index (κ3) is 2.70. The van der Waals surface area contributed by atoms with Gasteiger partial charge in [-0.25, -0.2) is 4.98 Å². The zero-order valence-corrected chi connectivity index (χ0v) is 15.4. The number of ether oxygens (including phenoxy) is 1. The van der Waals surface area contributed by atoms with Crippen molar-refractivity contribution in [3.8, 4) is 0 Å². The summed E-state index contributed by atoms with van der Waals surface area (Å²) in [6.07, 6.45) is 9.12. The topological polar surface area (TPSA) is 58.6 Å². The number of hydrogen-bond donors (Lipinski definition) is 0. The van der Waals surface area contributed by atoms with Crippen LogP contribution in [0.1, 0.15) is 31.2 Å². The van der Waals surface area contributed by atoms with E-state index in [-0.39, 0.29) is 12.0 Å². The van der Waals surface area contributed by atoms with Crippen LogP contribution in [0.15, 0.2) is 42.9 Å². The van der Waals surface area contributed by atoms with Gasteiger partial charge in [0.05, 0.1) is 24.3 Å². The minimum Gasteiger partial charge on any atom is -0.376 e. The van der Waals surface area contributed by atoms with E-state index in [4.69, 9.17) is 4.74 Å². The Labute approximate surface area is 159 Å². The maximum absolute atomic E-state index is 13.6. The summed E-state index contributed by atoms with van der Waals surface area (Å²) in [5.74, 6) is 1.14. The van der Waals surface area contributed by atoms with Crippen LogP contribution in [0.3, 0.4) is 0 Å². The fraction of sp³-hybridized carbons (Fsp3) is 0.476. The molecule has 0 saturated carbocycles. The van der Waals surface area contributed by atoms with Crippen molar-refractivity contribution in [1.82, 2.24) is 9.97 Å². The van der Waals surface area contributed by atoms with Gasteiger partial charge >= 0.3 is 0 Å². The molecule has 3 aliphatic rings. The SMILES string of the molecule is O=C1N(CC2CCCO2)c2ccccc2C12CCN(c1cnccn1)CC2. The molecule has 5 rings (SSSR count). The Morgan fingerprint density at radius 2 is 2.04 bits per heavy atom. The molecule has 3 aliphatic heterocycles. The number of piperidine rings is 1. The van der Waals surface area contributed by atoms with Crippen LogP contribution in [0, 0.1) is 0 Å². The molecule has 0 radical (unpaired) electrons. The molecule has 2 aromatic rings. The van der Waals surface area contributed by atoms with E-state index in [0.29, 0.717) is 6.54 Å². The van der Waals surface area contributed by atoms with E-state index >= 15 is 0 Å². The van der Waals surface area contributed by atoms with Gasteiger partial charge in [-0.15, -0.1) is 0 Å². The second-order valence-corrected chi connectivity index (χ2v) is 7.70. The molecule has 6 heteroatoms. The molecule has 4 heterocycles. The van der Waals surface area contributed by atoms with Crippen molar-refractivity contribution in [3.05, 3.63) is 48.4 Å². The fourth-order valence-electron chi connectivity index (χ4n) is 4.83. The van der Waals surface area contributed by atoms with Crippen LogP contribution in [-0.2, 0) is 14.9 Å². The zero-order chi connectivity index (χ0) is 18.3. The first-order valence-electron chi connectivity index (χ1n) is 9.82. The normalized spacial score (nSPS) is 23.9. The molecule has 0 aliphatic carbocycles. The summed E-state index contributed by atoms with van der Waals surface area (Å²) in [5, 5.41) is 0. The largest absolute Gasteiger partial charge is 0.376 e. The molecule has 6 nitrogen and oxygen atoms in total. The van der Waals surface area contributed by atoms with Crippen molar-refractivity contribution in [2.75, 3.05) is 36.0 Å². The van der Waals surface area contributed by atoms with Gasteiger partial charge in [-0.1, -0.05) is 18.2 Å². The highest BCUT2D eigenvalue weighted by atomic mass is 16.5. The monoisotopic (exact) mass is 364 g/mol. The second-order valence-electron chi connectivity index (χ2n) is 7.70. The lowest BCUT2D eigenvalue weighted by Crippen LogP contribution is -2.50. The van der Waals surface area contributed by atoms with E-state index in [1.165, 1.54) is 5.56 Å². The van der Waals surface area contributed by atoms with Crippen molar-refractivity contribution in [3.63, 3.8) is 0 Å². The molecule has 140 valence electrons. The van der Waals surface area contributed by atoms with Crippen molar-refractivity contribution < 1.29 is 9.53 Å². The standard InChI is InChI=1S/C21H24N4O2/c26-20-21(7-11-24(12-8-21)19-14-22-9-10-23-19)17-5-1-2-6-18(17)25(20)15-16-4-3-13-27-16/h1-2,5-6,9-10,14,16H,3-4,7-8,11-13,15H2. The van der Waals surface area contributed by atoms with Crippen molar-refractivity contribution >= 4 is 17.4 Å². The number of amides is 1. The molecule has 1 amide bonds. The molecule has 27 heavy (non-hydrogen) atoms. The Hall–Kier alpha value is -2.47. The average molecular weight is 364 g/mol. The highest BCUT2D eigenvalue weighted by Crippen LogP contribution is 2.48. The molecule has 1 aromatic heterocycles. The molecule has 0 N–H and O–H groups in total. The number of benzene rings is 1. The van der Waals surface area contributed by atoms with Crippen LogP contribution in [-0.4, -0.2) is 48.2 Å². The Balaban J connectivity index is 1.42. The summed E-state index contributed by atoms with van der Waals surface area (Å²) < 4.78 is 5.81. The van der Waals surface area contributed by atoms with Gasteiger partial charge in [0.15, 0.2) is 0 Å². The first kappa shape index (κ1) is 16.7. The number of rotatable bonds is 3. The maximum Gasteiger partial charge on any atom is 0.237 e. The molecule has 1 unspecified atom stereocenters. The number of anilines is 2. The molecule has 2 fully saturated rings. The van der Waals surface area contributed by atoms with Crippen LogP contribution in [0.4, 0.5) is 11.5 Å². The van der Waals surface area contributed by atoms with Crippen LogP contribution in [0.25, 0.3) is 0 Å². The van der Waals surface area contributed by atoms with Gasteiger partial charge in [0.2, 0.25) is 5.91 Å². The van der Waals surface area contributed by atoms with Gasteiger partial charge in [-0.3, -0.25) is 9.78 Å². The Morgan fingerprint density at radius 3 is 2.78 bits per heavy atom. The smallest absolute Gasteiger partial charge is 0.237 e. The first-order chi connectivity index (χ1) is 13.3. The molecule has 0 bridgehead atoms. The summed E-state index contributed by atoms with van der Waals surface area (Å²) in [4.78, 5) is 26.4. The van der Waals surface area contributed by atoms with E-state index in [1.807, 2.05) is 11.0 Å². The summed E-state index contributed by atoms with van der Waals surface area (Å²) in [7, 11) is 0. The maximum atomic E-state index is 13.6. The van der Waals surface area contributed by atoms with E-state index < -0.39 is 5.41 Å². The molecule has 2 saturated heterocycles. The Kier molecular flexibility index (Phi) is 4.08. The summed E-state index contributed by atoms with van der Waals surface area (Å²) in [6.45, 7) is 3.11. The van der Waals surface area contributed by atoms with E-state index in [1.54, 1.807) is 18.6 Å². The van der Waals surface area contributed by atoms with Gasteiger partial charge in [-0.2, -0.15) is 0 Å². The quantitative estimate of drug-likeness (QED) is 0.838. The third-order valence-corrected chi connectivity index (χ3v) is 6.27. The van der Waals surface area contributed by atoms with Crippen molar-refractivity contribution in [1.29, 1.82) is 0 Å². The van der Waals surface area contributed by atoms with Gasteiger partial charge in [0.25, 0.3) is 0 Å². The number of para-hydroxylation sites is 1. The molecular formula is C21H24N4O2. The van der Waals surface area contributed by atoms with Crippen LogP contribution in [0.5, 0.6) is 0 Å². The minimum atomic E-state index is -0.409. The summed E-state index contributed by atoms with van der Waals surface area (Å²) in [6, 6.07) is 8.31. The summed E-state index contributed by atoms with van der Waals surface area (Å²) >= 11 is 0. The Bertz CT molecular complexity index is 827. The minimum absolute atomic E-state index is 0.164. The number of carbonyl (C=O) groups is 1. The number of fused-ring (bicyclic) bond motifs is 2. The van der Waals surface area contributed by atoms with Crippen molar-refractivity contribution in [2.45, 2.75) is 37.2 Å². The zero-order valence-electron chi connectivity index (χ0n) is 15.4. The number of nitrogens with zero attached hydrogens (tertiary/aromatic N) is 4. The first-order valence-corrected chi connectivity index (χ1v) is 9.82. The third-order valence-electron chi connectivity index (χ3n) is 6.27.